The van der Waals surface area contributed by atoms with E-state index in [1.807, 2.05) is 27.7 Å². The van der Waals surface area contributed by atoms with Crippen LogP contribution in [0.15, 0.2) is 18.2 Å². The summed E-state index contributed by atoms with van der Waals surface area (Å²) in [6.45, 7) is 7.78. The lowest BCUT2D eigenvalue weighted by atomic mass is 9.80. The van der Waals surface area contributed by atoms with E-state index >= 15 is 0 Å². The van der Waals surface area contributed by atoms with Crippen molar-refractivity contribution >= 4 is 31.9 Å². The summed E-state index contributed by atoms with van der Waals surface area (Å²) in [5.74, 6) is 0.0763. The Morgan fingerprint density at radius 1 is 1.33 bits per heavy atom. The van der Waals surface area contributed by atoms with Crippen molar-refractivity contribution in [2.45, 2.75) is 38.0 Å². The molecule has 0 fully saturated rings. The van der Waals surface area contributed by atoms with Crippen molar-refractivity contribution < 1.29 is 14.6 Å². The van der Waals surface area contributed by atoms with Gasteiger partial charge in [-0.3, -0.25) is 4.79 Å². The molecule has 1 N–H and O–H groups in total. The SMILES string of the molecule is CC(C)(S)C(C)(C)OBc1c(O)cccc1C=O. The van der Waals surface area contributed by atoms with E-state index in [4.69, 9.17) is 4.65 Å². The van der Waals surface area contributed by atoms with Crippen molar-refractivity contribution in [3.63, 3.8) is 0 Å². The van der Waals surface area contributed by atoms with Gasteiger partial charge in [0.1, 0.15) is 12.0 Å². The van der Waals surface area contributed by atoms with Crippen molar-refractivity contribution in [3.05, 3.63) is 23.8 Å². The summed E-state index contributed by atoms with van der Waals surface area (Å²) < 4.78 is 5.47. The number of benzene rings is 1. The second-order valence-electron chi connectivity index (χ2n) is 5.32. The summed E-state index contributed by atoms with van der Waals surface area (Å²) in [4.78, 5) is 10.9. The first-order valence-corrected chi connectivity index (χ1v) is 6.26. The van der Waals surface area contributed by atoms with Crippen LogP contribution in [0.2, 0.25) is 0 Å². The fourth-order valence-electron chi connectivity index (χ4n) is 1.29. The molecule has 0 amide bonds. The molecule has 0 aliphatic carbocycles. The summed E-state index contributed by atoms with van der Waals surface area (Å²) >= 11 is 4.50. The Labute approximate surface area is 114 Å². The van der Waals surface area contributed by atoms with Gasteiger partial charge in [-0.2, -0.15) is 12.6 Å². The molecule has 0 heterocycles. The molecule has 0 aliphatic rings. The Kier molecular flexibility index (Phi) is 4.51. The largest absolute Gasteiger partial charge is 0.508 e. The van der Waals surface area contributed by atoms with Crippen LogP contribution in [0.25, 0.3) is 0 Å². The lowest BCUT2D eigenvalue weighted by Gasteiger charge is -2.38. The lowest BCUT2D eigenvalue weighted by Crippen LogP contribution is -2.46. The monoisotopic (exact) mass is 266 g/mol. The quantitative estimate of drug-likeness (QED) is 0.484. The van der Waals surface area contributed by atoms with Crippen LogP contribution in [-0.4, -0.2) is 29.2 Å². The van der Waals surface area contributed by atoms with E-state index in [0.717, 1.165) is 6.29 Å². The minimum Gasteiger partial charge on any atom is -0.508 e. The van der Waals surface area contributed by atoms with Gasteiger partial charge in [0, 0.05) is 10.3 Å². The second kappa shape index (κ2) is 5.37. The molecule has 0 radical (unpaired) electrons. The smallest absolute Gasteiger partial charge is 0.313 e. The molecular formula is C13H19BO3S. The maximum absolute atomic E-state index is 10.9. The zero-order valence-electron chi connectivity index (χ0n) is 11.2. The highest BCUT2D eigenvalue weighted by molar-refractivity contribution is 7.81. The summed E-state index contributed by atoms with van der Waals surface area (Å²) in [5.41, 5.74) is 0.472. The third-order valence-corrected chi connectivity index (χ3v) is 3.90. The van der Waals surface area contributed by atoms with Gasteiger partial charge >= 0.3 is 7.48 Å². The van der Waals surface area contributed by atoms with Crippen molar-refractivity contribution in [2.24, 2.45) is 0 Å². The fourth-order valence-corrected chi connectivity index (χ4v) is 1.35. The molecule has 3 nitrogen and oxygen atoms in total. The molecule has 0 bridgehead atoms. The van der Waals surface area contributed by atoms with Crippen molar-refractivity contribution in [2.75, 3.05) is 0 Å². The number of carbonyl (C=O) groups is 1. The molecule has 1 aromatic rings. The highest BCUT2D eigenvalue weighted by Gasteiger charge is 2.34. The maximum Gasteiger partial charge on any atom is 0.313 e. The number of rotatable bonds is 5. The molecule has 1 aromatic carbocycles. The summed E-state index contributed by atoms with van der Waals surface area (Å²) in [6, 6.07) is 4.84. The number of aldehydes is 1. The van der Waals surface area contributed by atoms with Gasteiger partial charge in [-0.05, 0) is 39.2 Å². The Hall–Kier alpha value is -0.935. The molecule has 0 aliphatic heterocycles. The average molecular weight is 266 g/mol. The van der Waals surface area contributed by atoms with Gasteiger partial charge in [0.25, 0.3) is 0 Å². The number of hydrogen-bond donors (Lipinski definition) is 2. The predicted molar refractivity (Wildman–Crippen MR) is 78.5 cm³/mol. The predicted octanol–water partition coefficient (Wildman–Crippen LogP) is 1.69. The van der Waals surface area contributed by atoms with E-state index in [9.17, 15) is 9.90 Å². The molecule has 0 atom stereocenters. The van der Waals surface area contributed by atoms with E-state index in [-0.39, 0.29) is 18.0 Å². The fraction of sp³-hybridized carbons (Fsp3) is 0.462. The molecule has 0 saturated carbocycles. The van der Waals surface area contributed by atoms with Crippen LogP contribution in [0.1, 0.15) is 38.1 Å². The van der Waals surface area contributed by atoms with Crippen LogP contribution in [0.4, 0.5) is 0 Å². The molecule has 0 unspecified atom stereocenters. The Morgan fingerprint density at radius 3 is 2.44 bits per heavy atom. The van der Waals surface area contributed by atoms with E-state index < -0.39 is 5.60 Å². The highest BCUT2D eigenvalue weighted by Crippen LogP contribution is 2.30. The maximum atomic E-state index is 10.9. The molecule has 0 aromatic heterocycles. The van der Waals surface area contributed by atoms with Gasteiger partial charge in [-0.1, -0.05) is 12.1 Å². The average Bonchev–Trinajstić information content (AvgIpc) is 2.25. The second-order valence-corrected chi connectivity index (χ2v) is 6.44. The molecule has 0 spiro atoms. The number of thiol groups is 1. The number of phenols is 1. The van der Waals surface area contributed by atoms with Crippen LogP contribution in [0.5, 0.6) is 5.75 Å². The highest BCUT2D eigenvalue weighted by atomic mass is 32.1. The van der Waals surface area contributed by atoms with Crippen LogP contribution in [0.3, 0.4) is 0 Å². The third kappa shape index (κ3) is 3.30. The van der Waals surface area contributed by atoms with Gasteiger partial charge in [-0.25, -0.2) is 0 Å². The number of hydrogen-bond acceptors (Lipinski definition) is 4. The molecule has 0 saturated heterocycles. The zero-order valence-corrected chi connectivity index (χ0v) is 12.1. The lowest BCUT2D eigenvalue weighted by molar-refractivity contribution is 0.0852. The Balaban J connectivity index is 2.91. The van der Waals surface area contributed by atoms with Crippen LogP contribution in [0, 0.1) is 0 Å². The number of phenolic OH excluding ortho intramolecular Hbond substituents is 1. The molecule has 5 heteroatoms. The summed E-state index contributed by atoms with van der Waals surface area (Å²) in [6.07, 6.45) is 0.719. The van der Waals surface area contributed by atoms with Crippen molar-refractivity contribution in [3.8, 4) is 5.75 Å². The van der Waals surface area contributed by atoms with Gasteiger partial charge in [0.15, 0.2) is 0 Å². The minimum absolute atomic E-state index is 0.0763. The van der Waals surface area contributed by atoms with Gasteiger partial charge in [0.05, 0.1) is 5.60 Å². The van der Waals surface area contributed by atoms with E-state index in [0.29, 0.717) is 11.0 Å². The normalized spacial score (nSPS) is 12.3. The zero-order chi connectivity index (χ0) is 14.0. The molecular weight excluding hydrogens is 247 g/mol. The third-order valence-electron chi connectivity index (χ3n) is 3.37. The molecule has 98 valence electrons. The summed E-state index contributed by atoms with van der Waals surface area (Å²) in [7, 11) is 0.178. The number of carbonyl (C=O) groups excluding carboxylic acids is 1. The van der Waals surface area contributed by atoms with Gasteiger partial charge in [0.2, 0.25) is 0 Å². The van der Waals surface area contributed by atoms with Crippen molar-refractivity contribution in [1.29, 1.82) is 0 Å². The van der Waals surface area contributed by atoms with Gasteiger partial charge in [-0.15, -0.1) is 0 Å². The van der Waals surface area contributed by atoms with E-state index in [1.165, 1.54) is 0 Å². The number of aromatic hydroxyl groups is 1. The van der Waals surface area contributed by atoms with E-state index in [2.05, 4.69) is 12.6 Å². The first-order valence-electron chi connectivity index (χ1n) is 5.81. The minimum atomic E-state index is -0.488. The van der Waals surface area contributed by atoms with Crippen LogP contribution < -0.4 is 5.46 Å². The molecule has 18 heavy (non-hydrogen) atoms. The Bertz CT molecular complexity index is 438. The first-order chi connectivity index (χ1) is 8.19. The van der Waals surface area contributed by atoms with Crippen LogP contribution >= 0.6 is 12.6 Å². The van der Waals surface area contributed by atoms with Gasteiger partial charge < -0.3 is 9.76 Å². The van der Waals surface area contributed by atoms with E-state index in [1.54, 1.807) is 18.2 Å². The first kappa shape index (κ1) is 15.1. The molecule has 1 rings (SSSR count). The van der Waals surface area contributed by atoms with Crippen molar-refractivity contribution in [1.82, 2.24) is 0 Å². The topological polar surface area (TPSA) is 46.5 Å². The Morgan fingerprint density at radius 2 is 1.94 bits per heavy atom. The summed E-state index contributed by atoms with van der Waals surface area (Å²) in [5, 5.41) is 9.76. The standard InChI is InChI=1S/C13H19BO3S/c1-12(2,13(3,4)18)17-14-11-9(8-15)6-5-7-10(11)16/h5-8,14,16,18H,1-4H3. The van der Waals surface area contributed by atoms with Crippen LogP contribution in [-0.2, 0) is 4.65 Å².